The summed E-state index contributed by atoms with van der Waals surface area (Å²) >= 11 is 12.4. The highest BCUT2D eigenvalue weighted by atomic mass is 35.5. The maximum Gasteiger partial charge on any atom is 0.270 e. The van der Waals surface area contributed by atoms with Crippen molar-refractivity contribution in [3.8, 4) is 11.5 Å². The molecular weight excluding hydrogens is 421 g/mol. The van der Waals surface area contributed by atoms with Gasteiger partial charge in [0.25, 0.3) is 5.91 Å². The summed E-state index contributed by atoms with van der Waals surface area (Å²) in [6.45, 7) is 4.81. The van der Waals surface area contributed by atoms with Crippen molar-refractivity contribution < 1.29 is 18.7 Å². The van der Waals surface area contributed by atoms with Gasteiger partial charge in [-0.25, -0.2) is 4.39 Å². The Morgan fingerprint density at radius 3 is 2.54 bits per heavy atom. The molecule has 4 nitrogen and oxygen atoms in total. The first-order valence-electron chi connectivity index (χ1n) is 8.57. The Balaban J connectivity index is 1.91. The smallest absolute Gasteiger partial charge is 0.270 e. The van der Waals surface area contributed by atoms with Gasteiger partial charge in [-0.2, -0.15) is 0 Å². The Morgan fingerprint density at radius 1 is 1.14 bits per heavy atom. The Morgan fingerprint density at radius 2 is 1.86 bits per heavy atom. The van der Waals surface area contributed by atoms with E-state index in [1.807, 2.05) is 26.0 Å². The molecule has 1 heterocycles. The molecule has 1 aliphatic heterocycles. The van der Waals surface area contributed by atoms with Crippen molar-refractivity contribution in [1.29, 1.82) is 0 Å². The number of amides is 1. The van der Waals surface area contributed by atoms with Crippen molar-refractivity contribution in [2.45, 2.75) is 13.8 Å². The first kappa shape index (κ1) is 20.6. The number of halogens is 2. The molecule has 0 aromatic heterocycles. The molecule has 8 heteroatoms. The molecule has 2 aromatic carbocycles. The van der Waals surface area contributed by atoms with Gasteiger partial charge in [0.2, 0.25) is 0 Å². The molecule has 1 amide bonds. The van der Waals surface area contributed by atoms with Crippen molar-refractivity contribution in [1.82, 2.24) is 0 Å². The second-order valence-electron chi connectivity index (χ2n) is 5.69. The number of hydrogen-bond donors (Lipinski definition) is 0. The maximum absolute atomic E-state index is 13.4. The zero-order valence-electron chi connectivity index (χ0n) is 15.2. The van der Waals surface area contributed by atoms with E-state index < -0.39 is 5.82 Å². The number of nitrogens with zero attached hydrogens (tertiary/aromatic N) is 1. The maximum atomic E-state index is 13.4. The molecule has 2 aromatic rings. The molecule has 1 saturated heterocycles. The van der Waals surface area contributed by atoms with Crippen molar-refractivity contribution in [3.63, 3.8) is 0 Å². The summed E-state index contributed by atoms with van der Waals surface area (Å²) < 4.78 is 25.0. The van der Waals surface area contributed by atoms with Gasteiger partial charge < -0.3 is 9.47 Å². The third kappa shape index (κ3) is 4.32. The Labute approximate surface area is 177 Å². The normalized spacial score (nSPS) is 15.4. The lowest BCUT2D eigenvalue weighted by Gasteiger charge is -2.14. The van der Waals surface area contributed by atoms with E-state index in [2.05, 4.69) is 0 Å². The largest absolute Gasteiger partial charge is 0.490 e. The van der Waals surface area contributed by atoms with Crippen molar-refractivity contribution in [2.75, 3.05) is 18.1 Å². The van der Waals surface area contributed by atoms with E-state index in [4.69, 9.17) is 33.3 Å². The number of benzene rings is 2. The number of thiocarbonyl (C=S) groups is 1. The predicted molar refractivity (Wildman–Crippen MR) is 116 cm³/mol. The van der Waals surface area contributed by atoms with E-state index in [0.29, 0.717) is 39.6 Å². The summed E-state index contributed by atoms with van der Waals surface area (Å²) in [5, 5.41) is -0.0663. The average Bonchev–Trinajstić information content (AvgIpc) is 2.93. The van der Waals surface area contributed by atoms with Gasteiger partial charge >= 0.3 is 0 Å². The monoisotopic (exact) mass is 437 g/mol. The topological polar surface area (TPSA) is 38.8 Å². The Hall–Kier alpha value is -2.09. The predicted octanol–water partition coefficient (Wildman–Crippen LogP) is 5.68. The van der Waals surface area contributed by atoms with Crippen LogP contribution in [0.5, 0.6) is 11.5 Å². The third-order valence-electron chi connectivity index (χ3n) is 3.82. The van der Waals surface area contributed by atoms with E-state index >= 15 is 0 Å². The Kier molecular flexibility index (Phi) is 6.59. The highest BCUT2D eigenvalue weighted by Crippen LogP contribution is 2.38. The lowest BCUT2D eigenvalue weighted by Crippen LogP contribution is -2.27. The van der Waals surface area contributed by atoms with E-state index in [0.717, 1.165) is 5.56 Å². The average molecular weight is 438 g/mol. The second kappa shape index (κ2) is 8.94. The molecular formula is C20H17ClFNO3S2. The van der Waals surface area contributed by atoms with Crippen LogP contribution in [-0.4, -0.2) is 23.4 Å². The second-order valence-corrected chi connectivity index (χ2v) is 7.77. The van der Waals surface area contributed by atoms with E-state index in [-0.39, 0.29) is 10.9 Å². The van der Waals surface area contributed by atoms with Crippen LogP contribution in [0.25, 0.3) is 6.08 Å². The minimum atomic E-state index is -0.552. The van der Waals surface area contributed by atoms with Gasteiger partial charge in [0, 0.05) is 0 Å². The van der Waals surface area contributed by atoms with Gasteiger partial charge in [-0.05, 0) is 55.8 Å². The van der Waals surface area contributed by atoms with Crippen LogP contribution >= 0.6 is 35.6 Å². The summed E-state index contributed by atoms with van der Waals surface area (Å²) in [6.07, 6.45) is 1.74. The van der Waals surface area contributed by atoms with Crippen LogP contribution in [-0.2, 0) is 4.79 Å². The van der Waals surface area contributed by atoms with Gasteiger partial charge in [0.15, 0.2) is 15.8 Å². The van der Waals surface area contributed by atoms with E-state index in [9.17, 15) is 9.18 Å². The molecule has 0 atom stereocenters. The summed E-state index contributed by atoms with van der Waals surface area (Å²) in [5.74, 6) is 0.419. The fourth-order valence-corrected chi connectivity index (χ4v) is 4.10. The quantitative estimate of drug-likeness (QED) is 0.429. The van der Waals surface area contributed by atoms with Gasteiger partial charge in [-0.3, -0.25) is 9.69 Å². The molecule has 0 radical (unpaired) electrons. The van der Waals surface area contributed by atoms with Gasteiger partial charge in [0.1, 0.15) is 5.82 Å². The van der Waals surface area contributed by atoms with E-state index in [1.165, 1.54) is 34.9 Å². The lowest BCUT2D eigenvalue weighted by atomic mass is 10.1. The Bertz CT molecular complexity index is 964. The van der Waals surface area contributed by atoms with Gasteiger partial charge in [-0.15, -0.1) is 0 Å². The molecule has 0 unspecified atom stereocenters. The third-order valence-corrected chi connectivity index (χ3v) is 5.41. The van der Waals surface area contributed by atoms with Crippen LogP contribution < -0.4 is 14.4 Å². The molecule has 0 saturated carbocycles. The van der Waals surface area contributed by atoms with Crippen LogP contribution in [0.2, 0.25) is 5.02 Å². The summed E-state index contributed by atoms with van der Waals surface area (Å²) in [7, 11) is 0. The number of anilines is 1. The SMILES string of the molecule is CCOc1ccc(C=C2SC(=S)N(c3ccc(F)c(Cl)c3)C2=O)cc1OCC. The number of thioether (sulfide) groups is 1. The van der Waals surface area contributed by atoms with Crippen LogP contribution in [0, 0.1) is 5.82 Å². The molecule has 3 rings (SSSR count). The van der Waals surface area contributed by atoms with Crippen LogP contribution in [0.4, 0.5) is 10.1 Å². The summed E-state index contributed by atoms with van der Waals surface area (Å²) in [5.41, 5.74) is 1.21. The molecule has 1 aliphatic rings. The number of carbonyl (C=O) groups is 1. The van der Waals surface area contributed by atoms with Crippen molar-refractivity contribution in [3.05, 3.63) is 57.7 Å². The van der Waals surface area contributed by atoms with E-state index in [1.54, 1.807) is 12.1 Å². The molecule has 0 bridgehead atoms. The fourth-order valence-electron chi connectivity index (χ4n) is 2.62. The van der Waals surface area contributed by atoms with Gasteiger partial charge in [0.05, 0.1) is 28.8 Å². The van der Waals surface area contributed by atoms with Crippen molar-refractivity contribution in [2.24, 2.45) is 0 Å². The zero-order chi connectivity index (χ0) is 20.3. The number of hydrogen-bond acceptors (Lipinski definition) is 5. The fraction of sp³-hybridized carbons (Fsp3) is 0.200. The molecule has 1 fully saturated rings. The zero-order valence-corrected chi connectivity index (χ0v) is 17.6. The van der Waals surface area contributed by atoms with Gasteiger partial charge in [-0.1, -0.05) is 41.6 Å². The minimum Gasteiger partial charge on any atom is -0.490 e. The lowest BCUT2D eigenvalue weighted by molar-refractivity contribution is -0.113. The number of ether oxygens (including phenoxy) is 2. The standard InChI is InChI=1S/C20H17ClFNO3S2/c1-3-25-16-8-5-12(9-17(16)26-4-2)10-18-19(24)23(20(27)28-18)13-6-7-15(22)14(21)11-13/h5-11H,3-4H2,1-2H3. The first-order chi connectivity index (χ1) is 13.4. The molecule has 0 spiro atoms. The van der Waals surface area contributed by atoms with Crippen molar-refractivity contribution >= 4 is 57.6 Å². The first-order valence-corrected chi connectivity index (χ1v) is 10.2. The number of rotatable bonds is 6. The molecule has 28 heavy (non-hydrogen) atoms. The molecule has 0 aliphatic carbocycles. The summed E-state index contributed by atoms with van der Waals surface area (Å²) in [6, 6.07) is 9.53. The number of carbonyl (C=O) groups excluding carboxylic acids is 1. The highest BCUT2D eigenvalue weighted by molar-refractivity contribution is 8.27. The molecule has 146 valence electrons. The minimum absolute atomic E-state index is 0.0663. The van der Waals surface area contributed by atoms with Crippen LogP contribution in [0.15, 0.2) is 41.3 Å². The molecule has 0 N–H and O–H groups in total. The summed E-state index contributed by atoms with van der Waals surface area (Å²) in [4.78, 5) is 14.7. The van der Waals surface area contributed by atoms with Crippen LogP contribution in [0.3, 0.4) is 0 Å². The van der Waals surface area contributed by atoms with Crippen LogP contribution in [0.1, 0.15) is 19.4 Å². The highest BCUT2D eigenvalue weighted by Gasteiger charge is 2.33.